The molecule has 0 N–H and O–H groups in total. The molecule has 0 radical (unpaired) electrons. The van der Waals surface area contributed by atoms with E-state index in [4.69, 9.17) is 21.1 Å². The predicted octanol–water partition coefficient (Wildman–Crippen LogP) is 4.11. The van der Waals surface area contributed by atoms with Crippen molar-refractivity contribution in [3.63, 3.8) is 0 Å². The Morgan fingerprint density at radius 3 is 2.30 bits per heavy atom. The van der Waals surface area contributed by atoms with Gasteiger partial charge in [0, 0.05) is 10.5 Å². The first-order valence-corrected chi connectivity index (χ1v) is 8.33. The molecule has 0 bridgehead atoms. The molecule has 0 spiro atoms. The number of hydrogen-bond donors (Lipinski definition) is 0. The Hall–Kier alpha value is -1.98. The van der Waals surface area contributed by atoms with Crippen molar-refractivity contribution in [1.29, 1.82) is 0 Å². The van der Waals surface area contributed by atoms with Gasteiger partial charge in [0.25, 0.3) is 0 Å². The van der Waals surface area contributed by atoms with Crippen molar-refractivity contribution >= 4 is 35.1 Å². The van der Waals surface area contributed by atoms with E-state index in [9.17, 15) is 9.59 Å². The number of thioether (sulfide) groups is 1. The number of halogens is 1. The van der Waals surface area contributed by atoms with Crippen LogP contribution >= 0.6 is 23.4 Å². The molecule has 120 valence electrons. The molecule has 4 nitrogen and oxygen atoms in total. The summed E-state index contributed by atoms with van der Waals surface area (Å²) in [5.74, 6) is -0.386. The minimum atomic E-state index is -0.536. The van der Waals surface area contributed by atoms with E-state index in [0.717, 1.165) is 4.90 Å². The van der Waals surface area contributed by atoms with Crippen LogP contribution in [0.4, 0.5) is 0 Å². The molecule has 2 aromatic rings. The highest BCUT2D eigenvalue weighted by Gasteiger charge is 2.13. The number of carbonyl (C=O) groups is 2. The summed E-state index contributed by atoms with van der Waals surface area (Å²) in [6.45, 7) is -0.341. The molecule has 0 heterocycles. The predicted molar refractivity (Wildman–Crippen MR) is 90.8 cm³/mol. The fourth-order valence-electron chi connectivity index (χ4n) is 1.86. The first-order chi connectivity index (χ1) is 11.0. The number of methoxy groups -OCH3 is 1. The molecule has 6 heteroatoms. The van der Waals surface area contributed by atoms with Crippen LogP contribution in [0, 0.1) is 0 Å². The van der Waals surface area contributed by atoms with Crippen LogP contribution in [0.2, 0.25) is 5.02 Å². The van der Waals surface area contributed by atoms with Crippen LogP contribution in [0.15, 0.2) is 47.4 Å². The summed E-state index contributed by atoms with van der Waals surface area (Å²) in [6.07, 6.45) is 1.95. The van der Waals surface area contributed by atoms with E-state index in [0.29, 0.717) is 21.9 Å². The summed E-state index contributed by atoms with van der Waals surface area (Å²) >= 11 is 7.55. The van der Waals surface area contributed by atoms with E-state index in [2.05, 4.69) is 0 Å². The maximum Gasteiger partial charge on any atom is 0.338 e. The van der Waals surface area contributed by atoms with Crippen LogP contribution < -0.4 is 4.74 Å². The van der Waals surface area contributed by atoms with Crippen molar-refractivity contribution in [3.05, 3.63) is 58.6 Å². The molecule has 0 aliphatic heterocycles. The lowest BCUT2D eigenvalue weighted by Gasteiger charge is -2.07. The normalized spacial score (nSPS) is 10.2. The minimum absolute atomic E-state index is 0.330. The van der Waals surface area contributed by atoms with Gasteiger partial charge >= 0.3 is 5.97 Å². The van der Waals surface area contributed by atoms with Gasteiger partial charge in [-0.05, 0) is 48.7 Å². The molecular weight excluding hydrogens is 336 g/mol. The Kier molecular flexibility index (Phi) is 6.07. The van der Waals surface area contributed by atoms with Crippen LogP contribution in [0.25, 0.3) is 0 Å². The molecule has 23 heavy (non-hydrogen) atoms. The third kappa shape index (κ3) is 4.50. The number of ketones is 1. The molecule has 0 saturated carbocycles. The molecule has 2 rings (SSSR count). The van der Waals surface area contributed by atoms with Gasteiger partial charge in [-0.2, -0.15) is 0 Å². The lowest BCUT2D eigenvalue weighted by Crippen LogP contribution is -2.14. The highest BCUT2D eigenvalue weighted by atomic mass is 35.5. The van der Waals surface area contributed by atoms with E-state index in [1.165, 1.54) is 13.2 Å². The molecular formula is C17H15ClO4S. The quantitative estimate of drug-likeness (QED) is 0.446. The second kappa shape index (κ2) is 8.04. The highest BCUT2D eigenvalue weighted by Crippen LogP contribution is 2.25. The largest absolute Gasteiger partial charge is 0.495 e. The number of rotatable bonds is 6. The average molecular weight is 351 g/mol. The van der Waals surface area contributed by atoms with Crippen molar-refractivity contribution in [1.82, 2.24) is 0 Å². The van der Waals surface area contributed by atoms with Gasteiger partial charge in [0.2, 0.25) is 0 Å². The summed E-state index contributed by atoms with van der Waals surface area (Å²) < 4.78 is 10.1. The molecule has 0 fully saturated rings. The standard InChI is InChI=1S/C17H15ClO4S/c1-21-16-8-5-12(9-14(16)18)15(19)10-22-17(20)11-3-6-13(23-2)7-4-11/h3-9H,10H2,1-2H3. The molecule has 0 atom stereocenters. The van der Waals surface area contributed by atoms with Crippen LogP contribution in [0.5, 0.6) is 5.75 Å². The van der Waals surface area contributed by atoms with Crippen molar-refractivity contribution < 1.29 is 19.1 Å². The highest BCUT2D eigenvalue weighted by molar-refractivity contribution is 7.98. The first kappa shape index (κ1) is 17.4. The Labute approximate surface area is 143 Å². The van der Waals surface area contributed by atoms with Crippen LogP contribution in [-0.4, -0.2) is 31.7 Å². The topological polar surface area (TPSA) is 52.6 Å². The molecule has 2 aromatic carbocycles. The Morgan fingerprint density at radius 1 is 1.09 bits per heavy atom. The van der Waals surface area contributed by atoms with Gasteiger partial charge in [-0.3, -0.25) is 4.79 Å². The molecule has 0 aliphatic carbocycles. The number of hydrogen-bond acceptors (Lipinski definition) is 5. The zero-order valence-electron chi connectivity index (χ0n) is 12.7. The van der Waals surface area contributed by atoms with Gasteiger partial charge in [0.1, 0.15) is 5.75 Å². The molecule has 0 aromatic heterocycles. The van der Waals surface area contributed by atoms with E-state index in [1.807, 2.05) is 18.4 Å². The van der Waals surface area contributed by atoms with Crippen LogP contribution in [0.3, 0.4) is 0 Å². The lowest BCUT2D eigenvalue weighted by atomic mass is 10.1. The molecule has 0 saturated heterocycles. The fourth-order valence-corrected chi connectivity index (χ4v) is 2.53. The second-order valence-corrected chi connectivity index (χ2v) is 5.86. The smallest absolute Gasteiger partial charge is 0.338 e. The zero-order chi connectivity index (χ0) is 16.8. The molecule has 0 unspecified atom stereocenters. The summed E-state index contributed by atoms with van der Waals surface area (Å²) in [5.41, 5.74) is 0.768. The van der Waals surface area contributed by atoms with Gasteiger partial charge in [-0.25, -0.2) is 4.79 Å². The Bertz CT molecular complexity index is 713. The Balaban J connectivity index is 1.97. The van der Waals surface area contributed by atoms with Crippen molar-refractivity contribution in [2.45, 2.75) is 4.90 Å². The Morgan fingerprint density at radius 2 is 1.74 bits per heavy atom. The van der Waals surface area contributed by atoms with Gasteiger partial charge in [-0.15, -0.1) is 11.8 Å². The summed E-state index contributed by atoms with van der Waals surface area (Å²) in [5, 5.41) is 0.331. The number of esters is 1. The van der Waals surface area contributed by atoms with Crippen LogP contribution in [0.1, 0.15) is 20.7 Å². The second-order valence-electron chi connectivity index (χ2n) is 4.58. The number of carbonyl (C=O) groups excluding carboxylic acids is 2. The van der Waals surface area contributed by atoms with E-state index < -0.39 is 5.97 Å². The number of ether oxygens (including phenoxy) is 2. The summed E-state index contributed by atoms with van der Waals surface area (Å²) in [7, 11) is 1.49. The van der Waals surface area contributed by atoms with Gasteiger partial charge in [-0.1, -0.05) is 11.6 Å². The number of Topliss-reactive ketones (excluding diaryl/α,β-unsaturated/α-hetero) is 1. The lowest BCUT2D eigenvalue weighted by molar-refractivity contribution is 0.0474. The van der Waals surface area contributed by atoms with Crippen molar-refractivity contribution in [2.24, 2.45) is 0 Å². The van der Waals surface area contributed by atoms with E-state index in [-0.39, 0.29) is 12.4 Å². The number of benzene rings is 2. The minimum Gasteiger partial charge on any atom is -0.495 e. The first-order valence-electron chi connectivity index (χ1n) is 6.73. The average Bonchev–Trinajstić information content (AvgIpc) is 2.59. The summed E-state index contributed by atoms with van der Waals surface area (Å²) in [6, 6.07) is 11.7. The van der Waals surface area contributed by atoms with Gasteiger partial charge < -0.3 is 9.47 Å². The third-order valence-corrected chi connectivity index (χ3v) is 4.17. The SMILES string of the molecule is COc1ccc(C(=O)COC(=O)c2ccc(SC)cc2)cc1Cl. The van der Waals surface area contributed by atoms with Crippen LogP contribution in [-0.2, 0) is 4.74 Å². The molecule has 0 amide bonds. The maximum atomic E-state index is 12.1. The third-order valence-electron chi connectivity index (χ3n) is 3.13. The van der Waals surface area contributed by atoms with Gasteiger partial charge in [0.15, 0.2) is 12.4 Å². The molecule has 0 aliphatic rings. The van der Waals surface area contributed by atoms with Gasteiger partial charge in [0.05, 0.1) is 17.7 Å². The monoisotopic (exact) mass is 350 g/mol. The van der Waals surface area contributed by atoms with Crippen molar-refractivity contribution in [2.75, 3.05) is 20.0 Å². The fraction of sp³-hybridized carbons (Fsp3) is 0.176. The van der Waals surface area contributed by atoms with E-state index in [1.54, 1.807) is 36.0 Å². The van der Waals surface area contributed by atoms with Crippen molar-refractivity contribution in [3.8, 4) is 5.75 Å². The summed E-state index contributed by atoms with van der Waals surface area (Å²) in [4.78, 5) is 25.0. The zero-order valence-corrected chi connectivity index (χ0v) is 14.2. The maximum absolute atomic E-state index is 12.1. The van der Waals surface area contributed by atoms with E-state index >= 15 is 0 Å².